The van der Waals surface area contributed by atoms with E-state index in [0.717, 1.165) is 48.4 Å². The number of hydrogen-bond donors (Lipinski definition) is 1. The third kappa shape index (κ3) is 4.19. The first-order chi connectivity index (χ1) is 12.4. The number of nitrogens with zero attached hydrogens (tertiary/aromatic N) is 1. The SMILES string of the molecule is Cc1cc(C)c(S(=O)(=O)NCC(c2ccco2)N2CCCCC2)c(C)c1. The molecule has 2 heterocycles. The highest BCUT2D eigenvalue weighted by atomic mass is 32.2. The van der Waals surface area contributed by atoms with Crippen LogP contribution in [0.5, 0.6) is 0 Å². The van der Waals surface area contributed by atoms with Crippen LogP contribution in [-0.4, -0.2) is 33.0 Å². The average Bonchev–Trinajstić information content (AvgIpc) is 3.09. The highest BCUT2D eigenvalue weighted by Crippen LogP contribution is 2.26. The zero-order valence-corrected chi connectivity index (χ0v) is 16.6. The number of aryl methyl sites for hydroxylation is 3. The van der Waals surface area contributed by atoms with E-state index in [9.17, 15) is 8.42 Å². The van der Waals surface area contributed by atoms with Gasteiger partial charge in [0.05, 0.1) is 17.2 Å². The van der Waals surface area contributed by atoms with Gasteiger partial charge in [0, 0.05) is 6.54 Å². The Hall–Kier alpha value is -1.63. The molecule has 26 heavy (non-hydrogen) atoms. The summed E-state index contributed by atoms with van der Waals surface area (Å²) < 4.78 is 34.4. The minimum Gasteiger partial charge on any atom is -0.468 e. The Morgan fingerprint density at radius 2 is 1.77 bits per heavy atom. The Balaban J connectivity index is 1.82. The summed E-state index contributed by atoms with van der Waals surface area (Å²) in [5.41, 5.74) is 2.63. The summed E-state index contributed by atoms with van der Waals surface area (Å²) in [6, 6.07) is 7.53. The molecule has 1 aliphatic rings. The van der Waals surface area contributed by atoms with Crippen LogP contribution < -0.4 is 4.72 Å². The van der Waals surface area contributed by atoms with Gasteiger partial charge in [-0.05, 0) is 70.0 Å². The fraction of sp³-hybridized carbons (Fsp3) is 0.500. The van der Waals surface area contributed by atoms with Gasteiger partial charge in [0.1, 0.15) is 5.76 Å². The van der Waals surface area contributed by atoms with Crippen molar-refractivity contribution in [2.45, 2.75) is 51.0 Å². The zero-order chi connectivity index (χ0) is 18.7. The number of nitrogens with one attached hydrogen (secondary N) is 1. The third-order valence-corrected chi connectivity index (χ3v) is 6.77. The lowest BCUT2D eigenvalue weighted by atomic mass is 10.1. The van der Waals surface area contributed by atoms with Gasteiger partial charge in [-0.25, -0.2) is 13.1 Å². The van der Waals surface area contributed by atoms with E-state index in [1.54, 1.807) is 6.26 Å². The molecule has 0 radical (unpaired) electrons. The summed E-state index contributed by atoms with van der Waals surface area (Å²) in [5.74, 6) is 0.812. The van der Waals surface area contributed by atoms with Gasteiger partial charge in [0.15, 0.2) is 0 Å². The van der Waals surface area contributed by atoms with Crippen molar-refractivity contribution in [3.05, 3.63) is 53.0 Å². The van der Waals surface area contributed by atoms with Crippen LogP contribution in [0.2, 0.25) is 0 Å². The Kier molecular flexibility index (Phi) is 5.85. The molecular weight excluding hydrogens is 348 g/mol. The van der Waals surface area contributed by atoms with E-state index < -0.39 is 10.0 Å². The highest BCUT2D eigenvalue weighted by molar-refractivity contribution is 7.89. The smallest absolute Gasteiger partial charge is 0.241 e. The largest absolute Gasteiger partial charge is 0.468 e. The molecule has 0 spiro atoms. The molecular formula is C20H28N2O3S. The van der Waals surface area contributed by atoms with Crippen LogP contribution >= 0.6 is 0 Å². The van der Waals surface area contributed by atoms with Gasteiger partial charge in [-0.3, -0.25) is 4.90 Å². The second-order valence-electron chi connectivity index (χ2n) is 7.21. The number of hydrogen-bond acceptors (Lipinski definition) is 4. The predicted molar refractivity (Wildman–Crippen MR) is 103 cm³/mol. The van der Waals surface area contributed by atoms with Gasteiger partial charge < -0.3 is 4.42 Å². The second-order valence-corrected chi connectivity index (χ2v) is 8.91. The number of piperidine rings is 1. The molecule has 1 aromatic heterocycles. The molecule has 1 aliphatic heterocycles. The van der Waals surface area contributed by atoms with Crippen LogP contribution in [0.4, 0.5) is 0 Å². The number of likely N-dealkylation sites (tertiary alicyclic amines) is 1. The Morgan fingerprint density at radius 1 is 1.12 bits per heavy atom. The van der Waals surface area contributed by atoms with Crippen molar-refractivity contribution in [1.82, 2.24) is 9.62 Å². The molecule has 1 saturated heterocycles. The van der Waals surface area contributed by atoms with E-state index in [-0.39, 0.29) is 6.04 Å². The van der Waals surface area contributed by atoms with Crippen LogP contribution in [0.3, 0.4) is 0 Å². The molecule has 0 aliphatic carbocycles. The molecule has 2 aromatic rings. The van der Waals surface area contributed by atoms with Crippen molar-refractivity contribution in [3.8, 4) is 0 Å². The molecule has 6 heteroatoms. The first-order valence-electron chi connectivity index (χ1n) is 9.23. The van der Waals surface area contributed by atoms with Gasteiger partial charge in [-0.2, -0.15) is 0 Å². The number of rotatable bonds is 6. The minimum absolute atomic E-state index is 0.0777. The van der Waals surface area contributed by atoms with Crippen LogP contribution in [0.15, 0.2) is 39.8 Å². The summed E-state index contributed by atoms with van der Waals surface area (Å²) >= 11 is 0. The summed E-state index contributed by atoms with van der Waals surface area (Å²) in [7, 11) is -3.58. The lowest BCUT2D eigenvalue weighted by Crippen LogP contribution is -2.40. The van der Waals surface area contributed by atoms with Crippen LogP contribution in [0.1, 0.15) is 47.8 Å². The Bertz CT molecular complexity index is 815. The molecule has 1 N–H and O–H groups in total. The van der Waals surface area contributed by atoms with Crippen molar-refractivity contribution in [2.75, 3.05) is 19.6 Å². The molecule has 1 unspecified atom stereocenters. The Labute approximate surface area is 156 Å². The van der Waals surface area contributed by atoms with E-state index >= 15 is 0 Å². The van der Waals surface area contributed by atoms with Crippen molar-refractivity contribution >= 4 is 10.0 Å². The minimum atomic E-state index is -3.58. The van der Waals surface area contributed by atoms with Crippen molar-refractivity contribution < 1.29 is 12.8 Å². The fourth-order valence-corrected chi connectivity index (χ4v) is 5.46. The molecule has 1 atom stereocenters. The maximum atomic E-state index is 13.0. The molecule has 142 valence electrons. The summed E-state index contributed by atoms with van der Waals surface area (Å²) in [4.78, 5) is 2.71. The molecule has 1 aromatic carbocycles. The molecule has 5 nitrogen and oxygen atoms in total. The van der Waals surface area contributed by atoms with Crippen LogP contribution in [-0.2, 0) is 10.0 Å². The van der Waals surface area contributed by atoms with E-state index in [1.165, 1.54) is 6.42 Å². The summed E-state index contributed by atoms with van der Waals surface area (Å²) in [6.45, 7) is 7.92. The quantitative estimate of drug-likeness (QED) is 0.835. The number of benzene rings is 1. The second kappa shape index (κ2) is 7.94. The van der Waals surface area contributed by atoms with E-state index in [4.69, 9.17) is 4.42 Å². The molecule has 0 saturated carbocycles. The van der Waals surface area contributed by atoms with Gasteiger partial charge >= 0.3 is 0 Å². The maximum Gasteiger partial charge on any atom is 0.241 e. The fourth-order valence-electron chi connectivity index (χ4n) is 3.97. The van der Waals surface area contributed by atoms with Crippen LogP contribution in [0, 0.1) is 20.8 Å². The molecule has 1 fully saturated rings. The number of sulfonamides is 1. The monoisotopic (exact) mass is 376 g/mol. The maximum absolute atomic E-state index is 13.0. The van der Waals surface area contributed by atoms with Crippen molar-refractivity contribution in [1.29, 1.82) is 0 Å². The molecule has 0 amide bonds. The summed E-state index contributed by atoms with van der Waals surface area (Å²) in [5, 5.41) is 0. The van der Waals surface area contributed by atoms with E-state index in [1.807, 2.05) is 45.0 Å². The topological polar surface area (TPSA) is 62.6 Å². The average molecular weight is 377 g/mol. The number of furan rings is 1. The lowest BCUT2D eigenvalue weighted by Gasteiger charge is -2.33. The lowest BCUT2D eigenvalue weighted by molar-refractivity contribution is 0.147. The van der Waals surface area contributed by atoms with Crippen molar-refractivity contribution in [2.24, 2.45) is 0 Å². The van der Waals surface area contributed by atoms with Gasteiger partial charge in [-0.1, -0.05) is 24.1 Å². The van der Waals surface area contributed by atoms with Crippen molar-refractivity contribution in [3.63, 3.8) is 0 Å². The van der Waals surface area contributed by atoms with E-state index in [2.05, 4.69) is 9.62 Å². The first kappa shape index (κ1) is 19.1. The first-order valence-corrected chi connectivity index (χ1v) is 10.7. The third-order valence-electron chi connectivity index (χ3n) is 5.04. The zero-order valence-electron chi connectivity index (χ0n) is 15.8. The van der Waals surface area contributed by atoms with Gasteiger partial charge in [0.25, 0.3) is 0 Å². The predicted octanol–water partition coefficient (Wildman–Crippen LogP) is 3.71. The van der Waals surface area contributed by atoms with Gasteiger partial charge in [-0.15, -0.1) is 0 Å². The summed E-state index contributed by atoms with van der Waals surface area (Å²) in [6.07, 6.45) is 5.16. The molecule has 3 rings (SSSR count). The standard InChI is InChI=1S/C20H28N2O3S/c1-15-12-16(2)20(17(3)13-15)26(23,24)21-14-18(19-8-7-11-25-19)22-9-5-4-6-10-22/h7-8,11-13,18,21H,4-6,9-10,14H2,1-3H3. The Morgan fingerprint density at radius 3 is 2.35 bits per heavy atom. The van der Waals surface area contributed by atoms with E-state index in [0.29, 0.717) is 11.4 Å². The van der Waals surface area contributed by atoms with Crippen LogP contribution in [0.25, 0.3) is 0 Å². The van der Waals surface area contributed by atoms with Gasteiger partial charge in [0.2, 0.25) is 10.0 Å². The molecule has 0 bridgehead atoms. The normalized spacial score (nSPS) is 17.3. The highest BCUT2D eigenvalue weighted by Gasteiger charge is 2.27.